The van der Waals surface area contributed by atoms with Crippen LogP contribution in [0.5, 0.6) is 5.75 Å². The molecular weight excluding hydrogens is 302 g/mol. The monoisotopic (exact) mass is 313 g/mol. The molecule has 2 heterocycles. The number of H-pyrrole nitrogens is 1. The summed E-state index contributed by atoms with van der Waals surface area (Å²) in [7, 11) is 1.22. The first-order valence-corrected chi connectivity index (χ1v) is 6.51. The van der Waals surface area contributed by atoms with Gasteiger partial charge in [0.15, 0.2) is 5.65 Å². The van der Waals surface area contributed by atoms with Crippen LogP contribution in [0.1, 0.15) is 20.7 Å². The van der Waals surface area contributed by atoms with Gasteiger partial charge in [0.1, 0.15) is 22.7 Å². The molecule has 0 spiro atoms. The summed E-state index contributed by atoms with van der Waals surface area (Å²) < 4.78 is 5.02. The number of aromatic amines is 1. The van der Waals surface area contributed by atoms with E-state index in [1.54, 1.807) is 18.3 Å². The molecule has 3 aromatic rings. The van der Waals surface area contributed by atoms with Crippen LogP contribution >= 0.6 is 0 Å². The van der Waals surface area contributed by atoms with E-state index in [0.29, 0.717) is 11.2 Å². The molecule has 116 valence electrons. The summed E-state index contributed by atoms with van der Waals surface area (Å²) in [6.45, 7) is 0. The van der Waals surface area contributed by atoms with Gasteiger partial charge in [-0.15, -0.1) is 0 Å². The van der Waals surface area contributed by atoms with Crippen molar-refractivity contribution in [2.75, 3.05) is 7.11 Å². The molecule has 3 rings (SSSR count). The minimum absolute atomic E-state index is 0.220. The standard InChI is InChI=1S/C15H11N3O5/c1-23-11-8(14(19)20)5-4-7(10(11)15(21)22)12-17-9-3-2-6-16-13(9)18-12/h2-6H,1H3,(H,19,20)(H,21,22)(H,16,17,18). The van der Waals surface area contributed by atoms with Gasteiger partial charge in [-0.25, -0.2) is 19.6 Å². The van der Waals surface area contributed by atoms with Crippen LogP contribution in [0, 0.1) is 0 Å². The van der Waals surface area contributed by atoms with Crippen LogP contribution in [0.3, 0.4) is 0 Å². The Bertz CT molecular complexity index is 899. The smallest absolute Gasteiger partial charge is 0.340 e. The lowest BCUT2D eigenvalue weighted by Gasteiger charge is -2.11. The molecule has 0 radical (unpaired) electrons. The van der Waals surface area contributed by atoms with Crippen LogP contribution in [-0.4, -0.2) is 44.2 Å². The summed E-state index contributed by atoms with van der Waals surface area (Å²) in [5, 5.41) is 18.7. The Balaban J connectivity index is 2.30. The minimum Gasteiger partial charge on any atom is -0.495 e. The third kappa shape index (κ3) is 2.35. The van der Waals surface area contributed by atoms with Crippen molar-refractivity contribution in [1.82, 2.24) is 15.0 Å². The molecule has 23 heavy (non-hydrogen) atoms. The Kier molecular flexibility index (Phi) is 3.41. The van der Waals surface area contributed by atoms with Gasteiger partial charge in [0.05, 0.1) is 12.6 Å². The van der Waals surface area contributed by atoms with Crippen LogP contribution in [0.25, 0.3) is 22.6 Å². The van der Waals surface area contributed by atoms with E-state index in [4.69, 9.17) is 4.74 Å². The number of carboxylic acid groups (broad SMARTS) is 2. The van der Waals surface area contributed by atoms with Crippen molar-refractivity contribution in [1.29, 1.82) is 0 Å². The van der Waals surface area contributed by atoms with Crippen LogP contribution in [0.15, 0.2) is 30.5 Å². The molecule has 0 aliphatic rings. The van der Waals surface area contributed by atoms with E-state index < -0.39 is 11.9 Å². The number of carbonyl (C=O) groups is 2. The number of nitrogens with one attached hydrogen (secondary N) is 1. The molecule has 2 aromatic heterocycles. The number of aromatic nitrogens is 3. The van der Waals surface area contributed by atoms with Crippen LogP contribution in [-0.2, 0) is 0 Å². The molecule has 0 aliphatic carbocycles. The minimum atomic E-state index is -1.31. The van der Waals surface area contributed by atoms with Gasteiger partial charge in [0, 0.05) is 11.8 Å². The van der Waals surface area contributed by atoms with E-state index in [1.807, 2.05) is 0 Å². The second kappa shape index (κ2) is 5.41. The Labute approximate surface area is 129 Å². The number of pyridine rings is 1. The average molecular weight is 313 g/mol. The van der Waals surface area contributed by atoms with Crippen molar-refractivity contribution in [3.05, 3.63) is 41.6 Å². The second-order valence-corrected chi connectivity index (χ2v) is 4.64. The third-order valence-electron chi connectivity index (χ3n) is 3.32. The average Bonchev–Trinajstić information content (AvgIpc) is 2.96. The van der Waals surface area contributed by atoms with Crippen molar-refractivity contribution in [2.24, 2.45) is 0 Å². The number of methoxy groups -OCH3 is 1. The maximum absolute atomic E-state index is 11.6. The normalized spacial score (nSPS) is 10.7. The van der Waals surface area contributed by atoms with Crippen LogP contribution in [0.2, 0.25) is 0 Å². The molecule has 0 bridgehead atoms. The SMILES string of the molecule is COc1c(C(=O)O)ccc(-c2nc3ncccc3[nH]2)c1C(=O)O. The zero-order chi connectivity index (χ0) is 16.6. The van der Waals surface area contributed by atoms with Gasteiger partial charge in [-0.1, -0.05) is 0 Å². The maximum Gasteiger partial charge on any atom is 0.340 e. The Morgan fingerprint density at radius 3 is 2.57 bits per heavy atom. The number of fused-ring (bicyclic) bond motifs is 1. The topological polar surface area (TPSA) is 125 Å². The highest BCUT2D eigenvalue weighted by atomic mass is 16.5. The number of imidazole rings is 1. The number of benzene rings is 1. The van der Waals surface area contributed by atoms with E-state index in [9.17, 15) is 19.8 Å². The zero-order valence-electron chi connectivity index (χ0n) is 11.9. The van der Waals surface area contributed by atoms with E-state index in [1.165, 1.54) is 19.2 Å². The van der Waals surface area contributed by atoms with Crippen LogP contribution in [0.4, 0.5) is 0 Å². The summed E-state index contributed by atoms with van der Waals surface area (Å²) in [6, 6.07) is 6.13. The largest absolute Gasteiger partial charge is 0.495 e. The summed E-state index contributed by atoms with van der Waals surface area (Å²) in [6.07, 6.45) is 1.57. The lowest BCUT2D eigenvalue weighted by atomic mass is 10.0. The molecule has 0 unspecified atom stereocenters. The number of aromatic carboxylic acids is 2. The number of rotatable bonds is 4. The maximum atomic E-state index is 11.6. The fourth-order valence-electron chi connectivity index (χ4n) is 2.35. The second-order valence-electron chi connectivity index (χ2n) is 4.64. The van der Waals surface area contributed by atoms with E-state index in [2.05, 4.69) is 15.0 Å². The van der Waals surface area contributed by atoms with Crippen molar-refractivity contribution >= 4 is 23.1 Å². The van der Waals surface area contributed by atoms with Gasteiger partial charge in [0.25, 0.3) is 0 Å². The zero-order valence-corrected chi connectivity index (χ0v) is 11.9. The highest BCUT2D eigenvalue weighted by Gasteiger charge is 2.25. The molecule has 0 fully saturated rings. The molecular formula is C15H11N3O5. The van der Waals surface area contributed by atoms with Gasteiger partial charge in [-0.3, -0.25) is 0 Å². The number of ether oxygens (including phenoxy) is 1. The fraction of sp³-hybridized carbons (Fsp3) is 0.0667. The Morgan fingerprint density at radius 1 is 1.17 bits per heavy atom. The Morgan fingerprint density at radius 2 is 1.96 bits per heavy atom. The molecule has 0 aliphatic heterocycles. The van der Waals surface area contributed by atoms with Crippen molar-refractivity contribution in [3.8, 4) is 17.1 Å². The number of hydrogen-bond donors (Lipinski definition) is 3. The van der Waals surface area contributed by atoms with Crippen molar-refractivity contribution in [2.45, 2.75) is 0 Å². The summed E-state index contributed by atoms with van der Waals surface area (Å²) in [5.74, 6) is -2.54. The van der Waals surface area contributed by atoms with E-state index >= 15 is 0 Å². The molecule has 0 atom stereocenters. The third-order valence-corrected chi connectivity index (χ3v) is 3.32. The molecule has 3 N–H and O–H groups in total. The predicted octanol–water partition coefficient (Wildman–Crippen LogP) is 2.03. The summed E-state index contributed by atoms with van der Waals surface area (Å²) >= 11 is 0. The molecule has 0 amide bonds. The van der Waals surface area contributed by atoms with Crippen molar-refractivity contribution < 1.29 is 24.5 Å². The number of hydrogen-bond acceptors (Lipinski definition) is 5. The molecule has 8 nitrogen and oxygen atoms in total. The van der Waals surface area contributed by atoms with E-state index in [-0.39, 0.29) is 28.3 Å². The van der Waals surface area contributed by atoms with E-state index in [0.717, 1.165) is 0 Å². The summed E-state index contributed by atoms with van der Waals surface area (Å²) in [5.41, 5.74) is 0.784. The predicted molar refractivity (Wildman–Crippen MR) is 79.8 cm³/mol. The van der Waals surface area contributed by atoms with Gasteiger partial charge in [0.2, 0.25) is 0 Å². The molecule has 1 aromatic carbocycles. The number of nitrogens with zero attached hydrogens (tertiary/aromatic N) is 2. The quantitative estimate of drug-likeness (QED) is 0.672. The van der Waals surface area contributed by atoms with Crippen molar-refractivity contribution in [3.63, 3.8) is 0 Å². The van der Waals surface area contributed by atoms with Gasteiger partial charge in [-0.05, 0) is 24.3 Å². The molecule has 0 saturated carbocycles. The van der Waals surface area contributed by atoms with Crippen LogP contribution < -0.4 is 4.74 Å². The van der Waals surface area contributed by atoms with Gasteiger partial charge in [-0.2, -0.15) is 0 Å². The molecule has 0 saturated heterocycles. The lowest BCUT2D eigenvalue weighted by molar-refractivity contribution is 0.0691. The van der Waals surface area contributed by atoms with Gasteiger partial charge < -0.3 is 19.9 Å². The molecule has 8 heteroatoms. The summed E-state index contributed by atoms with van der Waals surface area (Å²) in [4.78, 5) is 34.2. The first-order chi connectivity index (χ1) is 11.0. The highest BCUT2D eigenvalue weighted by Crippen LogP contribution is 2.33. The fourth-order valence-corrected chi connectivity index (χ4v) is 2.35. The lowest BCUT2D eigenvalue weighted by Crippen LogP contribution is -2.09. The first-order valence-electron chi connectivity index (χ1n) is 6.51. The first kappa shape index (κ1) is 14.5. The number of carboxylic acids is 2. The highest BCUT2D eigenvalue weighted by molar-refractivity contribution is 6.03. The van der Waals surface area contributed by atoms with Gasteiger partial charge >= 0.3 is 11.9 Å². The Hall–Kier alpha value is -3.42.